The van der Waals surface area contributed by atoms with Crippen molar-refractivity contribution >= 4 is 23.9 Å². The number of nitrogens with one attached hydrogen (secondary N) is 3. The van der Waals surface area contributed by atoms with Gasteiger partial charge in [0.25, 0.3) is 11.5 Å². The fourth-order valence-electron chi connectivity index (χ4n) is 2.51. The molecule has 0 saturated heterocycles. The molecule has 154 valence electrons. The Morgan fingerprint density at radius 3 is 2.77 bits per heavy atom. The van der Waals surface area contributed by atoms with Crippen LogP contribution in [0.3, 0.4) is 0 Å². The van der Waals surface area contributed by atoms with E-state index in [1.165, 1.54) is 6.21 Å². The van der Waals surface area contributed by atoms with Crippen LogP contribution in [0.2, 0.25) is 0 Å². The highest BCUT2D eigenvalue weighted by atomic mass is 32.2. The SMILES string of the molecule is CCOc1cccc(/C=N\NC(=O)C(Sc2n[nH]c(=O)[nH]c2=O)c2ccccc2)c1. The van der Waals surface area contributed by atoms with Gasteiger partial charge in [0.2, 0.25) is 0 Å². The number of thioether (sulfide) groups is 1. The van der Waals surface area contributed by atoms with Crippen LogP contribution in [-0.4, -0.2) is 33.9 Å². The fourth-order valence-corrected chi connectivity index (χ4v) is 3.44. The van der Waals surface area contributed by atoms with Crippen LogP contribution in [0, 0.1) is 0 Å². The van der Waals surface area contributed by atoms with Crippen LogP contribution in [0.25, 0.3) is 0 Å². The van der Waals surface area contributed by atoms with Gasteiger partial charge in [0.1, 0.15) is 11.0 Å². The molecule has 0 fully saturated rings. The van der Waals surface area contributed by atoms with E-state index in [0.717, 1.165) is 17.3 Å². The van der Waals surface area contributed by atoms with Gasteiger partial charge in [-0.1, -0.05) is 54.2 Å². The van der Waals surface area contributed by atoms with Gasteiger partial charge in [-0.3, -0.25) is 14.6 Å². The third kappa shape index (κ3) is 5.67. The summed E-state index contributed by atoms with van der Waals surface area (Å²) in [5, 5.41) is 9.06. The number of benzene rings is 2. The first-order chi connectivity index (χ1) is 14.6. The molecule has 3 N–H and O–H groups in total. The van der Waals surface area contributed by atoms with Crippen molar-refractivity contribution in [3.63, 3.8) is 0 Å². The molecule has 0 bridgehead atoms. The minimum absolute atomic E-state index is 0.0352. The number of ether oxygens (including phenoxy) is 1. The van der Waals surface area contributed by atoms with Crippen molar-refractivity contribution in [2.75, 3.05) is 6.61 Å². The highest BCUT2D eigenvalue weighted by molar-refractivity contribution is 8.00. The first-order valence-electron chi connectivity index (χ1n) is 9.03. The number of carbonyl (C=O) groups is 1. The predicted molar refractivity (Wildman–Crippen MR) is 114 cm³/mol. The zero-order valence-corrected chi connectivity index (χ0v) is 16.8. The maximum Gasteiger partial charge on any atom is 0.342 e. The quantitative estimate of drug-likeness (QED) is 0.287. The minimum Gasteiger partial charge on any atom is -0.494 e. The van der Waals surface area contributed by atoms with Gasteiger partial charge in [-0.2, -0.15) is 10.2 Å². The van der Waals surface area contributed by atoms with E-state index in [1.807, 2.05) is 31.2 Å². The van der Waals surface area contributed by atoms with Crippen molar-refractivity contribution in [2.45, 2.75) is 17.2 Å². The van der Waals surface area contributed by atoms with Gasteiger partial charge in [-0.05, 0) is 30.2 Å². The minimum atomic E-state index is -0.808. The van der Waals surface area contributed by atoms with Gasteiger partial charge >= 0.3 is 5.69 Å². The molecule has 0 radical (unpaired) electrons. The van der Waals surface area contributed by atoms with Crippen molar-refractivity contribution in [2.24, 2.45) is 5.10 Å². The highest BCUT2D eigenvalue weighted by Crippen LogP contribution is 2.32. The Labute approximate surface area is 175 Å². The summed E-state index contributed by atoms with van der Waals surface area (Å²) in [6.07, 6.45) is 1.50. The maximum atomic E-state index is 12.8. The normalized spacial score (nSPS) is 11.9. The fraction of sp³-hybridized carbons (Fsp3) is 0.150. The van der Waals surface area contributed by atoms with Crippen molar-refractivity contribution < 1.29 is 9.53 Å². The maximum absolute atomic E-state index is 12.8. The van der Waals surface area contributed by atoms with E-state index in [1.54, 1.807) is 30.3 Å². The van der Waals surface area contributed by atoms with Gasteiger partial charge in [-0.25, -0.2) is 15.3 Å². The lowest BCUT2D eigenvalue weighted by Gasteiger charge is -2.14. The number of H-pyrrole nitrogens is 2. The monoisotopic (exact) mass is 425 g/mol. The van der Waals surface area contributed by atoms with E-state index in [9.17, 15) is 14.4 Å². The molecule has 0 aliphatic heterocycles. The molecule has 1 unspecified atom stereocenters. The number of aromatic nitrogens is 3. The van der Waals surface area contributed by atoms with Crippen LogP contribution < -0.4 is 21.4 Å². The van der Waals surface area contributed by atoms with Gasteiger partial charge in [-0.15, -0.1) is 0 Å². The van der Waals surface area contributed by atoms with Gasteiger partial charge in [0, 0.05) is 0 Å². The van der Waals surface area contributed by atoms with Gasteiger partial charge < -0.3 is 4.74 Å². The Morgan fingerprint density at radius 1 is 1.23 bits per heavy atom. The molecule has 10 heteroatoms. The standard InChI is InChI=1S/C20H19N5O4S/c1-2-29-15-10-6-7-13(11-15)12-21-23-17(26)16(14-8-4-3-5-9-14)30-19-18(27)22-20(28)25-24-19/h3-12,16H,2H2,1H3,(H,23,26)(H2,22,25,27,28)/b21-12-. The Hall–Kier alpha value is -3.66. The number of rotatable bonds is 8. The number of hydrazone groups is 1. The molecule has 9 nitrogen and oxygen atoms in total. The van der Waals surface area contributed by atoms with E-state index >= 15 is 0 Å². The Kier molecular flexibility index (Phi) is 7.17. The van der Waals surface area contributed by atoms with E-state index in [2.05, 4.69) is 25.7 Å². The average Bonchev–Trinajstić information content (AvgIpc) is 2.74. The summed E-state index contributed by atoms with van der Waals surface area (Å²) in [4.78, 5) is 38.1. The van der Waals surface area contributed by atoms with Crippen LogP contribution in [0.4, 0.5) is 0 Å². The summed E-state index contributed by atoms with van der Waals surface area (Å²) < 4.78 is 5.44. The molecular weight excluding hydrogens is 406 g/mol. The molecule has 0 saturated carbocycles. The third-order valence-electron chi connectivity index (χ3n) is 3.81. The molecule has 1 heterocycles. The Bertz CT molecular complexity index is 1140. The summed E-state index contributed by atoms with van der Waals surface area (Å²) in [7, 11) is 0. The van der Waals surface area contributed by atoms with Gasteiger partial charge in [0.15, 0.2) is 5.03 Å². The summed E-state index contributed by atoms with van der Waals surface area (Å²) in [6, 6.07) is 16.2. The van der Waals surface area contributed by atoms with E-state index in [0.29, 0.717) is 17.9 Å². The van der Waals surface area contributed by atoms with E-state index in [-0.39, 0.29) is 5.03 Å². The van der Waals surface area contributed by atoms with Crippen LogP contribution in [-0.2, 0) is 4.79 Å². The first kappa shape index (κ1) is 21.1. The van der Waals surface area contributed by atoms with E-state index < -0.39 is 22.4 Å². The molecular formula is C20H19N5O4S. The molecule has 1 amide bonds. The van der Waals surface area contributed by atoms with Crippen molar-refractivity contribution in [1.82, 2.24) is 20.6 Å². The zero-order chi connectivity index (χ0) is 21.3. The summed E-state index contributed by atoms with van der Waals surface area (Å²) in [5.41, 5.74) is 2.51. The second-order valence-corrected chi connectivity index (χ2v) is 7.05. The number of hydrogen-bond donors (Lipinski definition) is 3. The lowest BCUT2D eigenvalue weighted by atomic mass is 10.1. The molecule has 3 aromatic rings. The van der Waals surface area contributed by atoms with Crippen LogP contribution in [0.15, 0.2) is 74.3 Å². The second kappa shape index (κ2) is 10.2. The van der Waals surface area contributed by atoms with Crippen molar-refractivity contribution in [1.29, 1.82) is 0 Å². The lowest BCUT2D eigenvalue weighted by molar-refractivity contribution is -0.120. The number of nitrogens with zero attached hydrogens (tertiary/aromatic N) is 2. The number of hydrogen-bond acceptors (Lipinski definition) is 7. The number of amides is 1. The molecule has 2 aromatic carbocycles. The molecule has 0 spiro atoms. The molecule has 0 aliphatic carbocycles. The summed E-state index contributed by atoms with van der Waals surface area (Å²) in [5.74, 6) is 0.254. The average molecular weight is 425 g/mol. The summed E-state index contributed by atoms with van der Waals surface area (Å²) in [6.45, 7) is 2.44. The van der Waals surface area contributed by atoms with Crippen LogP contribution in [0.5, 0.6) is 5.75 Å². The third-order valence-corrected chi connectivity index (χ3v) is 5.03. The molecule has 0 aliphatic rings. The largest absolute Gasteiger partial charge is 0.494 e. The topological polar surface area (TPSA) is 129 Å². The van der Waals surface area contributed by atoms with Crippen LogP contribution >= 0.6 is 11.8 Å². The smallest absolute Gasteiger partial charge is 0.342 e. The molecule has 1 aromatic heterocycles. The summed E-state index contributed by atoms with van der Waals surface area (Å²) >= 11 is 0.910. The lowest BCUT2D eigenvalue weighted by Crippen LogP contribution is -2.28. The van der Waals surface area contributed by atoms with E-state index in [4.69, 9.17) is 4.74 Å². The van der Waals surface area contributed by atoms with Gasteiger partial charge in [0.05, 0.1) is 12.8 Å². The predicted octanol–water partition coefficient (Wildman–Crippen LogP) is 1.84. The second-order valence-electron chi connectivity index (χ2n) is 5.96. The first-order valence-corrected chi connectivity index (χ1v) is 9.91. The highest BCUT2D eigenvalue weighted by Gasteiger charge is 2.24. The van der Waals surface area contributed by atoms with Crippen molar-refractivity contribution in [3.8, 4) is 5.75 Å². The zero-order valence-electron chi connectivity index (χ0n) is 16.0. The molecule has 3 rings (SSSR count). The molecule has 1 atom stereocenters. The Morgan fingerprint density at radius 2 is 2.03 bits per heavy atom. The Balaban J connectivity index is 1.78. The number of carbonyl (C=O) groups excluding carboxylic acids is 1. The van der Waals surface area contributed by atoms with Crippen LogP contribution in [0.1, 0.15) is 23.3 Å². The van der Waals surface area contributed by atoms with Crippen molar-refractivity contribution in [3.05, 3.63) is 86.6 Å². The number of aromatic amines is 2. The molecule has 30 heavy (non-hydrogen) atoms.